The van der Waals surface area contributed by atoms with Crippen molar-refractivity contribution in [3.05, 3.63) is 41.4 Å². The number of fused-ring (bicyclic) bond motifs is 2. The van der Waals surface area contributed by atoms with Gasteiger partial charge in [0.15, 0.2) is 0 Å². The van der Waals surface area contributed by atoms with Gasteiger partial charge in [-0.2, -0.15) is 13.2 Å². The number of halogens is 3. The summed E-state index contributed by atoms with van der Waals surface area (Å²) >= 11 is 0. The first kappa shape index (κ1) is 11.0. The number of rotatable bonds is 0. The minimum Gasteiger partial charge on any atom is -0.164 e. The highest BCUT2D eigenvalue weighted by Gasteiger charge is 2.42. The molecular formula is C14H14F3+. The summed E-state index contributed by atoms with van der Waals surface area (Å²) in [6, 6.07) is 0. The molecule has 3 heteroatoms. The first-order valence-corrected chi connectivity index (χ1v) is 6.07. The summed E-state index contributed by atoms with van der Waals surface area (Å²) in [5.74, 6) is 1.27. The summed E-state index contributed by atoms with van der Waals surface area (Å²) in [4.78, 5) is 0. The van der Waals surface area contributed by atoms with Gasteiger partial charge in [-0.3, -0.25) is 0 Å². The normalized spacial score (nSPS) is 36.1. The maximum Gasteiger partial charge on any atom is 0.434 e. The van der Waals surface area contributed by atoms with Crippen LogP contribution in [0.15, 0.2) is 34.9 Å². The van der Waals surface area contributed by atoms with E-state index in [-0.39, 0.29) is 0 Å². The summed E-state index contributed by atoms with van der Waals surface area (Å²) in [7, 11) is 0. The zero-order valence-corrected chi connectivity index (χ0v) is 9.43. The average molecular weight is 239 g/mol. The minimum absolute atomic E-state index is 0.523. The summed E-state index contributed by atoms with van der Waals surface area (Å²) in [6.07, 6.45) is 6.20. The fourth-order valence-electron chi connectivity index (χ4n) is 3.30. The van der Waals surface area contributed by atoms with Gasteiger partial charge < -0.3 is 0 Å². The molecule has 0 radical (unpaired) electrons. The van der Waals surface area contributed by atoms with Crippen molar-refractivity contribution in [1.29, 1.82) is 0 Å². The predicted molar refractivity (Wildman–Crippen MR) is 60.1 cm³/mol. The van der Waals surface area contributed by atoms with E-state index in [9.17, 15) is 13.2 Å². The van der Waals surface area contributed by atoms with Crippen molar-refractivity contribution in [2.45, 2.75) is 31.9 Å². The summed E-state index contributed by atoms with van der Waals surface area (Å²) < 4.78 is 37.9. The van der Waals surface area contributed by atoms with E-state index in [0.717, 1.165) is 30.4 Å². The van der Waals surface area contributed by atoms with Crippen LogP contribution >= 0.6 is 0 Å². The van der Waals surface area contributed by atoms with Gasteiger partial charge in [0, 0.05) is 42.6 Å². The van der Waals surface area contributed by atoms with Gasteiger partial charge in [0.05, 0.1) is 5.57 Å². The zero-order chi connectivity index (χ0) is 12.0. The molecule has 2 unspecified atom stereocenters. The van der Waals surface area contributed by atoms with Crippen molar-refractivity contribution in [2.24, 2.45) is 11.8 Å². The van der Waals surface area contributed by atoms with Gasteiger partial charge in [0.25, 0.3) is 0 Å². The molecule has 2 bridgehead atoms. The quantitative estimate of drug-likeness (QED) is 0.551. The SMILES string of the molecule is FC(F)(F)C1=C/C(=C2\CC3CCC2C3)[CH+]C=C1. The highest BCUT2D eigenvalue weighted by molar-refractivity contribution is 5.49. The Morgan fingerprint density at radius 1 is 1.24 bits per heavy atom. The van der Waals surface area contributed by atoms with Gasteiger partial charge in [-0.25, -0.2) is 0 Å². The topological polar surface area (TPSA) is 0 Å². The first-order valence-electron chi connectivity index (χ1n) is 6.07. The van der Waals surface area contributed by atoms with Crippen molar-refractivity contribution in [3.8, 4) is 0 Å². The Balaban J connectivity index is 1.93. The van der Waals surface area contributed by atoms with Crippen molar-refractivity contribution < 1.29 is 13.2 Å². The van der Waals surface area contributed by atoms with Crippen molar-refractivity contribution >= 4 is 0 Å². The van der Waals surface area contributed by atoms with E-state index in [0.29, 0.717) is 5.92 Å². The van der Waals surface area contributed by atoms with Crippen LogP contribution in [0.25, 0.3) is 0 Å². The molecule has 0 saturated heterocycles. The van der Waals surface area contributed by atoms with E-state index in [1.807, 2.05) is 6.42 Å². The maximum atomic E-state index is 12.6. The maximum absolute atomic E-state index is 12.6. The first-order chi connectivity index (χ1) is 8.04. The molecule has 0 amide bonds. The van der Waals surface area contributed by atoms with Crippen LogP contribution in [0.2, 0.25) is 0 Å². The standard InChI is InChI=1S/C14H14F3/c15-14(16,17)12-3-1-2-10(8-12)13-7-9-4-5-11(13)6-9/h1-3,8-9,11H,4-7H2/q+1/b13-10+. The van der Waals surface area contributed by atoms with E-state index in [2.05, 4.69) is 0 Å². The molecule has 90 valence electrons. The molecule has 17 heavy (non-hydrogen) atoms. The molecule has 0 aromatic rings. The molecule has 3 aliphatic carbocycles. The van der Waals surface area contributed by atoms with Crippen LogP contribution in [0.5, 0.6) is 0 Å². The van der Waals surface area contributed by atoms with Crippen LogP contribution in [0.1, 0.15) is 25.7 Å². The third-order valence-corrected chi connectivity index (χ3v) is 4.10. The highest BCUT2D eigenvalue weighted by Crippen LogP contribution is 2.50. The van der Waals surface area contributed by atoms with Gasteiger partial charge >= 0.3 is 6.18 Å². The van der Waals surface area contributed by atoms with Gasteiger partial charge in [-0.05, 0) is 25.2 Å². The lowest BCUT2D eigenvalue weighted by Crippen LogP contribution is -2.13. The van der Waals surface area contributed by atoms with E-state index in [1.165, 1.54) is 30.6 Å². The summed E-state index contributed by atoms with van der Waals surface area (Å²) in [5.41, 5.74) is 1.55. The van der Waals surface area contributed by atoms with E-state index >= 15 is 0 Å². The molecule has 0 aliphatic heterocycles. The lowest BCUT2D eigenvalue weighted by Gasteiger charge is -2.14. The van der Waals surface area contributed by atoms with E-state index in [4.69, 9.17) is 0 Å². The monoisotopic (exact) mass is 239 g/mol. The Hall–Kier alpha value is -1.12. The second-order valence-corrected chi connectivity index (χ2v) is 5.18. The molecule has 0 N–H and O–H groups in total. The molecule has 0 aromatic carbocycles. The molecule has 0 heterocycles. The molecule has 3 aliphatic rings. The Labute approximate surface area is 98.9 Å². The molecule has 2 fully saturated rings. The van der Waals surface area contributed by atoms with Crippen LogP contribution in [0.3, 0.4) is 0 Å². The van der Waals surface area contributed by atoms with Crippen LogP contribution in [-0.2, 0) is 0 Å². The average Bonchev–Trinajstić information content (AvgIpc) is 2.89. The van der Waals surface area contributed by atoms with Crippen molar-refractivity contribution in [1.82, 2.24) is 0 Å². The number of hydrogen-bond donors (Lipinski definition) is 0. The summed E-state index contributed by atoms with van der Waals surface area (Å²) in [5, 5.41) is 0. The number of alkyl halides is 3. The van der Waals surface area contributed by atoms with Gasteiger partial charge in [0.1, 0.15) is 5.57 Å². The Morgan fingerprint density at radius 2 is 2.06 bits per heavy atom. The second kappa shape index (κ2) is 3.69. The molecule has 0 aromatic heterocycles. The Bertz CT molecular complexity index is 423. The smallest absolute Gasteiger partial charge is 0.164 e. The highest BCUT2D eigenvalue weighted by atomic mass is 19.4. The lowest BCUT2D eigenvalue weighted by atomic mass is 9.87. The third-order valence-electron chi connectivity index (χ3n) is 4.10. The van der Waals surface area contributed by atoms with E-state index < -0.39 is 11.7 Å². The largest absolute Gasteiger partial charge is 0.434 e. The molecular weight excluding hydrogens is 225 g/mol. The summed E-state index contributed by atoms with van der Waals surface area (Å²) in [6.45, 7) is 0. The van der Waals surface area contributed by atoms with Gasteiger partial charge in [0.2, 0.25) is 0 Å². The number of hydrogen-bond acceptors (Lipinski definition) is 0. The minimum atomic E-state index is -4.23. The van der Waals surface area contributed by atoms with Gasteiger partial charge in [-0.15, -0.1) is 0 Å². The lowest BCUT2D eigenvalue weighted by molar-refractivity contribution is -0.0883. The number of allylic oxidation sites excluding steroid dienone is 6. The van der Waals surface area contributed by atoms with Crippen LogP contribution in [0.4, 0.5) is 13.2 Å². The fourth-order valence-corrected chi connectivity index (χ4v) is 3.30. The van der Waals surface area contributed by atoms with Gasteiger partial charge in [-0.1, -0.05) is 0 Å². The molecule has 2 saturated carbocycles. The fraction of sp³-hybridized carbons (Fsp3) is 0.500. The molecule has 3 rings (SSSR count). The zero-order valence-electron chi connectivity index (χ0n) is 9.43. The van der Waals surface area contributed by atoms with Crippen LogP contribution < -0.4 is 0 Å². The van der Waals surface area contributed by atoms with Crippen molar-refractivity contribution in [2.75, 3.05) is 0 Å². The van der Waals surface area contributed by atoms with Crippen LogP contribution in [-0.4, -0.2) is 6.18 Å². The third kappa shape index (κ3) is 1.92. The van der Waals surface area contributed by atoms with E-state index in [1.54, 1.807) is 0 Å². The predicted octanol–water partition coefficient (Wildman–Crippen LogP) is 4.37. The second-order valence-electron chi connectivity index (χ2n) is 5.18. The van der Waals surface area contributed by atoms with Crippen LogP contribution in [0, 0.1) is 18.3 Å². The molecule has 0 nitrogen and oxygen atoms in total. The Morgan fingerprint density at radius 3 is 2.65 bits per heavy atom. The molecule has 2 atom stereocenters. The Kier molecular flexibility index (Phi) is 2.39. The van der Waals surface area contributed by atoms with Crippen molar-refractivity contribution in [3.63, 3.8) is 0 Å². The molecule has 0 spiro atoms.